The summed E-state index contributed by atoms with van der Waals surface area (Å²) in [5, 5.41) is 3.11. The van der Waals surface area contributed by atoms with Crippen LogP contribution in [0, 0.1) is 0 Å². The maximum atomic E-state index is 5.34. The Morgan fingerprint density at radius 2 is 2.00 bits per heavy atom. The minimum atomic E-state index is 0.817. The van der Waals surface area contributed by atoms with Crippen molar-refractivity contribution in [2.45, 2.75) is 6.54 Å². The molecule has 0 aliphatic carbocycles. The van der Waals surface area contributed by atoms with Gasteiger partial charge in [0.15, 0.2) is 0 Å². The Morgan fingerprint density at radius 3 is 2.56 bits per heavy atom. The van der Waals surface area contributed by atoms with Crippen molar-refractivity contribution >= 4 is 0 Å². The van der Waals surface area contributed by atoms with Crippen LogP contribution < -0.4 is 14.8 Å². The van der Waals surface area contributed by atoms with Crippen molar-refractivity contribution in [1.82, 2.24) is 10.2 Å². The first-order chi connectivity index (χ1) is 7.71. The zero-order valence-electron chi connectivity index (χ0n) is 10.4. The smallest absolute Gasteiger partial charge is 0.127 e. The summed E-state index contributed by atoms with van der Waals surface area (Å²) in [6, 6.07) is 5.89. The first-order valence-electron chi connectivity index (χ1n) is 5.25. The van der Waals surface area contributed by atoms with E-state index in [4.69, 9.17) is 9.47 Å². The summed E-state index contributed by atoms with van der Waals surface area (Å²) in [6.45, 7) is 1.68. The molecule has 1 aromatic rings. The minimum Gasteiger partial charge on any atom is -0.497 e. The second kappa shape index (κ2) is 6.35. The summed E-state index contributed by atoms with van der Waals surface area (Å²) < 4.78 is 10.5. The molecular weight excluding hydrogens is 204 g/mol. The fourth-order valence-electron chi connectivity index (χ4n) is 1.60. The molecule has 1 N–H and O–H groups in total. The van der Waals surface area contributed by atoms with Gasteiger partial charge < -0.3 is 14.8 Å². The van der Waals surface area contributed by atoms with Crippen LogP contribution in [0.15, 0.2) is 18.2 Å². The lowest BCUT2D eigenvalue weighted by molar-refractivity contribution is 0.301. The molecule has 1 aromatic carbocycles. The Bertz CT molecular complexity index is 329. The first-order valence-corrected chi connectivity index (χ1v) is 5.25. The van der Waals surface area contributed by atoms with Gasteiger partial charge >= 0.3 is 0 Å². The molecule has 4 nitrogen and oxygen atoms in total. The second-order valence-corrected chi connectivity index (χ2v) is 3.70. The molecule has 0 fully saturated rings. The molecule has 0 atom stereocenters. The summed E-state index contributed by atoms with van der Waals surface area (Å²) in [6.07, 6.45) is 0. The maximum absolute atomic E-state index is 5.34. The fraction of sp³-hybridized carbons (Fsp3) is 0.500. The zero-order valence-corrected chi connectivity index (χ0v) is 10.4. The van der Waals surface area contributed by atoms with Gasteiger partial charge in [-0.25, -0.2) is 0 Å². The highest BCUT2D eigenvalue weighted by molar-refractivity contribution is 5.40. The van der Waals surface area contributed by atoms with Gasteiger partial charge in [-0.3, -0.25) is 4.90 Å². The summed E-state index contributed by atoms with van der Waals surface area (Å²) >= 11 is 0. The van der Waals surface area contributed by atoms with Crippen molar-refractivity contribution in [3.63, 3.8) is 0 Å². The van der Waals surface area contributed by atoms with Gasteiger partial charge in [-0.15, -0.1) is 0 Å². The monoisotopic (exact) mass is 224 g/mol. The van der Waals surface area contributed by atoms with E-state index in [-0.39, 0.29) is 0 Å². The van der Waals surface area contributed by atoms with Crippen LogP contribution in [0.2, 0.25) is 0 Å². The molecule has 0 aromatic heterocycles. The molecule has 0 saturated carbocycles. The van der Waals surface area contributed by atoms with E-state index in [1.165, 1.54) is 0 Å². The molecule has 16 heavy (non-hydrogen) atoms. The second-order valence-electron chi connectivity index (χ2n) is 3.70. The number of methoxy groups -OCH3 is 2. The highest BCUT2D eigenvalue weighted by Gasteiger charge is 2.07. The van der Waals surface area contributed by atoms with Gasteiger partial charge in [-0.05, 0) is 20.2 Å². The first kappa shape index (κ1) is 12.8. The highest BCUT2D eigenvalue weighted by atomic mass is 16.5. The van der Waals surface area contributed by atoms with E-state index in [1.54, 1.807) is 14.2 Å². The molecule has 0 spiro atoms. The fourth-order valence-corrected chi connectivity index (χ4v) is 1.60. The molecule has 0 saturated heterocycles. The summed E-state index contributed by atoms with van der Waals surface area (Å²) in [7, 11) is 7.32. The van der Waals surface area contributed by atoms with Crippen molar-refractivity contribution in [3.05, 3.63) is 23.8 Å². The Labute approximate surface area is 97.2 Å². The minimum absolute atomic E-state index is 0.817. The van der Waals surface area contributed by atoms with E-state index in [1.807, 2.05) is 25.2 Å². The number of benzene rings is 1. The van der Waals surface area contributed by atoms with E-state index in [0.717, 1.165) is 30.3 Å². The van der Waals surface area contributed by atoms with E-state index >= 15 is 0 Å². The number of rotatable bonds is 6. The summed E-state index contributed by atoms with van der Waals surface area (Å²) in [5.41, 5.74) is 1.15. The van der Waals surface area contributed by atoms with Crippen molar-refractivity contribution in [3.8, 4) is 11.5 Å². The number of ether oxygens (including phenoxy) is 2. The molecule has 0 unspecified atom stereocenters. The molecule has 0 aliphatic rings. The summed E-state index contributed by atoms with van der Waals surface area (Å²) in [5.74, 6) is 1.68. The van der Waals surface area contributed by atoms with Gasteiger partial charge in [0.2, 0.25) is 0 Å². The third-order valence-electron chi connectivity index (χ3n) is 2.36. The zero-order chi connectivity index (χ0) is 12.0. The lowest BCUT2D eigenvalue weighted by atomic mass is 10.2. The van der Waals surface area contributed by atoms with E-state index in [9.17, 15) is 0 Å². The van der Waals surface area contributed by atoms with Gasteiger partial charge in [0.05, 0.1) is 14.2 Å². The van der Waals surface area contributed by atoms with Crippen LogP contribution in [-0.2, 0) is 6.54 Å². The number of hydrogen-bond acceptors (Lipinski definition) is 4. The van der Waals surface area contributed by atoms with Crippen molar-refractivity contribution in [1.29, 1.82) is 0 Å². The van der Waals surface area contributed by atoms with Crippen LogP contribution in [0.5, 0.6) is 11.5 Å². The van der Waals surface area contributed by atoms with Gasteiger partial charge in [-0.2, -0.15) is 0 Å². The van der Waals surface area contributed by atoms with Crippen LogP contribution in [0.25, 0.3) is 0 Å². The van der Waals surface area contributed by atoms with E-state index < -0.39 is 0 Å². The van der Waals surface area contributed by atoms with Crippen LogP contribution >= 0.6 is 0 Å². The molecule has 1 rings (SSSR count). The lowest BCUT2D eigenvalue weighted by Crippen LogP contribution is -2.28. The Kier molecular flexibility index (Phi) is 5.08. The predicted molar refractivity (Wildman–Crippen MR) is 64.9 cm³/mol. The van der Waals surface area contributed by atoms with Crippen LogP contribution in [0.4, 0.5) is 0 Å². The number of nitrogens with one attached hydrogen (secondary N) is 1. The Hall–Kier alpha value is -1.26. The third kappa shape index (κ3) is 3.40. The molecule has 4 heteroatoms. The van der Waals surface area contributed by atoms with Crippen LogP contribution in [0.1, 0.15) is 5.56 Å². The Balaban J connectivity index is 2.78. The van der Waals surface area contributed by atoms with E-state index in [0.29, 0.717) is 0 Å². The molecule has 90 valence electrons. The lowest BCUT2D eigenvalue weighted by Gasteiger charge is -2.18. The highest BCUT2D eigenvalue weighted by Crippen LogP contribution is 2.25. The van der Waals surface area contributed by atoms with E-state index in [2.05, 4.69) is 17.3 Å². The van der Waals surface area contributed by atoms with Crippen LogP contribution in [-0.4, -0.2) is 39.9 Å². The molecule has 0 amide bonds. The normalized spacial score (nSPS) is 10.6. The van der Waals surface area contributed by atoms with Gasteiger partial charge in [-0.1, -0.05) is 6.07 Å². The molecule has 0 aliphatic heterocycles. The van der Waals surface area contributed by atoms with Crippen molar-refractivity contribution < 1.29 is 9.47 Å². The molecule has 0 heterocycles. The molecule has 0 bridgehead atoms. The van der Waals surface area contributed by atoms with Gasteiger partial charge in [0.25, 0.3) is 0 Å². The molecular formula is C12H20N2O2. The quantitative estimate of drug-likeness (QED) is 0.739. The number of nitrogens with zero attached hydrogens (tertiary/aromatic N) is 1. The average molecular weight is 224 g/mol. The SMILES string of the molecule is CNCN(C)Cc1ccc(OC)cc1OC. The van der Waals surface area contributed by atoms with Gasteiger partial charge in [0.1, 0.15) is 11.5 Å². The summed E-state index contributed by atoms with van der Waals surface area (Å²) in [4.78, 5) is 2.17. The van der Waals surface area contributed by atoms with Crippen molar-refractivity contribution in [2.24, 2.45) is 0 Å². The Morgan fingerprint density at radius 1 is 1.25 bits per heavy atom. The van der Waals surface area contributed by atoms with Gasteiger partial charge in [0, 0.05) is 24.8 Å². The predicted octanol–water partition coefficient (Wildman–Crippen LogP) is 1.31. The number of hydrogen-bond donors (Lipinski definition) is 1. The largest absolute Gasteiger partial charge is 0.497 e. The van der Waals surface area contributed by atoms with Crippen molar-refractivity contribution in [2.75, 3.05) is 35.0 Å². The maximum Gasteiger partial charge on any atom is 0.127 e. The topological polar surface area (TPSA) is 33.7 Å². The third-order valence-corrected chi connectivity index (χ3v) is 2.36. The standard InChI is InChI=1S/C12H20N2O2/c1-13-9-14(2)8-10-5-6-11(15-3)7-12(10)16-4/h5-7,13H,8-9H2,1-4H3. The van der Waals surface area contributed by atoms with Crippen LogP contribution in [0.3, 0.4) is 0 Å². The average Bonchev–Trinajstić information content (AvgIpc) is 2.30. The molecule has 0 radical (unpaired) electrons.